The van der Waals surface area contributed by atoms with Crippen LogP contribution in [-0.2, 0) is 11.2 Å². The number of nitrogens with zero attached hydrogens (tertiary/aromatic N) is 3. The molecule has 4 rings (SSSR count). The van der Waals surface area contributed by atoms with Crippen LogP contribution in [0.1, 0.15) is 24.0 Å². The third-order valence-electron chi connectivity index (χ3n) is 5.40. The van der Waals surface area contributed by atoms with E-state index in [2.05, 4.69) is 11.1 Å². The number of hydrogen-bond acceptors (Lipinski definition) is 4. The van der Waals surface area contributed by atoms with Crippen LogP contribution in [0.25, 0.3) is 10.8 Å². The predicted molar refractivity (Wildman–Crippen MR) is 114 cm³/mol. The maximum Gasteiger partial charge on any atom is 0.245 e. The maximum absolute atomic E-state index is 13.3. The van der Waals surface area contributed by atoms with E-state index in [1.54, 1.807) is 7.11 Å². The summed E-state index contributed by atoms with van der Waals surface area (Å²) in [5.74, 6) is 0.774. The highest BCUT2D eigenvalue weighted by molar-refractivity contribution is 5.98. The fourth-order valence-corrected chi connectivity index (χ4v) is 3.98. The summed E-state index contributed by atoms with van der Waals surface area (Å²) >= 11 is 0. The van der Waals surface area contributed by atoms with E-state index in [1.807, 2.05) is 65.7 Å². The molecular weight excluding hydrogens is 362 g/mol. The average molecular weight is 385 g/mol. The Morgan fingerprint density at radius 2 is 1.72 bits per heavy atom. The van der Waals surface area contributed by atoms with Gasteiger partial charge in [-0.05, 0) is 31.0 Å². The molecule has 0 aliphatic carbocycles. The van der Waals surface area contributed by atoms with Crippen LogP contribution in [0.4, 0.5) is 5.69 Å². The minimum Gasteiger partial charge on any atom is -0.496 e. The van der Waals surface area contributed by atoms with Crippen LogP contribution in [0, 0.1) is 11.3 Å². The third kappa shape index (κ3) is 3.62. The largest absolute Gasteiger partial charge is 0.496 e. The molecule has 1 amide bonds. The van der Waals surface area contributed by atoms with Crippen molar-refractivity contribution < 1.29 is 9.53 Å². The van der Waals surface area contributed by atoms with Crippen LogP contribution in [0.15, 0.2) is 60.7 Å². The van der Waals surface area contributed by atoms with E-state index in [0.717, 1.165) is 47.2 Å². The van der Waals surface area contributed by atoms with Gasteiger partial charge in [0.2, 0.25) is 5.91 Å². The zero-order valence-electron chi connectivity index (χ0n) is 16.5. The van der Waals surface area contributed by atoms with E-state index in [4.69, 9.17) is 4.74 Å². The van der Waals surface area contributed by atoms with Crippen molar-refractivity contribution in [2.24, 2.45) is 0 Å². The number of hydrogen-bond donors (Lipinski definition) is 0. The first kappa shape index (κ1) is 18.8. The van der Waals surface area contributed by atoms with Crippen molar-refractivity contribution in [1.82, 2.24) is 5.01 Å². The molecule has 1 saturated heterocycles. The summed E-state index contributed by atoms with van der Waals surface area (Å²) in [6.45, 7) is 1.45. The van der Waals surface area contributed by atoms with Gasteiger partial charge in [-0.25, -0.2) is 0 Å². The van der Waals surface area contributed by atoms with Crippen LogP contribution >= 0.6 is 0 Å². The SMILES string of the molecule is COc1ccccc1CC(=O)N1CCCCN1c1ccc(C#N)c2ccccc12. The second-order valence-electron chi connectivity index (χ2n) is 7.13. The molecule has 0 atom stereocenters. The number of carbonyl (C=O) groups is 1. The van der Waals surface area contributed by atoms with Gasteiger partial charge in [-0.2, -0.15) is 5.26 Å². The van der Waals surface area contributed by atoms with Crippen molar-refractivity contribution in [2.75, 3.05) is 25.2 Å². The lowest BCUT2D eigenvalue weighted by atomic mass is 10.0. The fraction of sp³-hybridized carbons (Fsp3) is 0.250. The minimum absolute atomic E-state index is 0.0441. The van der Waals surface area contributed by atoms with E-state index >= 15 is 0 Å². The van der Waals surface area contributed by atoms with Crippen molar-refractivity contribution in [1.29, 1.82) is 5.26 Å². The van der Waals surface area contributed by atoms with Crippen LogP contribution in [0.2, 0.25) is 0 Å². The lowest BCUT2D eigenvalue weighted by Gasteiger charge is -2.41. The third-order valence-corrected chi connectivity index (χ3v) is 5.40. The highest BCUT2D eigenvalue weighted by atomic mass is 16.5. The zero-order chi connectivity index (χ0) is 20.2. The monoisotopic (exact) mass is 385 g/mol. The average Bonchev–Trinajstić information content (AvgIpc) is 2.78. The van der Waals surface area contributed by atoms with Crippen molar-refractivity contribution in [2.45, 2.75) is 19.3 Å². The molecule has 0 spiro atoms. The molecule has 1 aliphatic heterocycles. The summed E-state index contributed by atoms with van der Waals surface area (Å²) in [5, 5.41) is 15.3. The van der Waals surface area contributed by atoms with Crippen LogP contribution in [-0.4, -0.2) is 31.1 Å². The number of para-hydroxylation sites is 1. The van der Waals surface area contributed by atoms with E-state index in [1.165, 1.54) is 0 Å². The van der Waals surface area contributed by atoms with E-state index in [-0.39, 0.29) is 12.3 Å². The number of rotatable bonds is 4. The van der Waals surface area contributed by atoms with Gasteiger partial charge in [-0.3, -0.25) is 14.8 Å². The van der Waals surface area contributed by atoms with E-state index in [9.17, 15) is 10.1 Å². The predicted octanol–water partition coefficient (Wildman–Crippen LogP) is 4.31. The number of carbonyl (C=O) groups excluding carboxylic acids is 1. The van der Waals surface area contributed by atoms with Gasteiger partial charge in [-0.1, -0.05) is 42.5 Å². The van der Waals surface area contributed by atoms with Gasteiger partial charge in [0.25, 0.3) is 0 Å². The smallest absolute Gasteiger partial charge is 0.245 e. The Hall–Kier alpha value is -3.52. The highest BCUT2D eigenvalue weighted by Crippen LogP contribution is 2.32. The van der Waals surface area contributed by atoms with Gasteiger partial charge >= 0.3 is 0 Å². The van der Waals surface area contributed by atoms with Crippen molar-refractivity contribution >= 4 is 22.4 Å². The number of ether oxygens (including phenoxy) is 1. The summed E-state index contributed by atoms with van der Waals surface area (Å²) in [4.78, 5) is 13.3. The molecule has 146 valence electrons. The Morgan fingerprint density at radius 1 is 1.00 bits per heavy atom. The van der Waals surface area contributed by atoms with Gasteiger partial charge in [0.05, 0.1) is 30.9 Å². The minimum atomic E-state index is 0.0441. The van der Waals surface area contributed by atoms with Gasteiger partial charge in [0.15, 0.2) is 0 Å². The van der Waals surface area contributed by atoms with Crippen molar-refractivity contribution in [3.8, 4) is 11.8 Å². The van der Waals surface area contributed by atoms with Crippen LogP contribution < -0.4 is 9.75 Å². The number of benzene rings is 3. The normalized spacial score (nSPS) is 13.9. The molecule has 3 aromatic rings. The molecule has 1 fully saturated rings. The molecule has 0 radical (unpaired) electrons. The molecule has 0 aromatic heterocycles. The molecule has 29 heavy (non-hydrogen) atoms. The molecule has 1 heterocycles. The van der Waals surface area contributed by atoms with Gasteiger partial charge in [0, 0.05) is 29.4 Å². The van der Waals surface area contributed by atoms with E-state index in [0.29, 0.717) is 12.1 Å². The molecule has 5 nitrogen and oxygen atoms in total. The maximum atomic E-state index is 13.3. The Bertz CT molecular complexity index is 1090. The Kier molecular flexibility index (Phi) is 5.35. The standard InChI is InChI=1S/C24H23N3O2/c1-29-23-11-5-2-8-18(23)16-24(28)27-15-7-6-14-26(27)22-13-12-19(17-25)20-9-3-4-10-21(20)22/h2-5,8-13H,6-7,14-16H2,1H3. The van der Waals surface area contributed by atoms with Crippen molar-refractivity contribution in [3.05, 3.63) is 71.8 Å². The van der Waals surface area contributed by atoms with E-state index < -0.39 is 0 Å². The summed E-state index contributed by atoms with van der Waals surface area (Å²) < 4.78 is 5.41. The van der Waals surface area contributed by atoms with Gasteiger partial charge in [0.1, 0.15) is 5.75 Å². The summed E-state index contributed by atoms with van der Waals surface area (Å²) in [5.41, 5.74) is 2.50. The second kappa shape index (κ2) is 8.24. The molecule has 0 unspecified atom stereocenters. The lowest BCUT2D eigenvalue weighted by molar-refractivity contribution is -0.132. The topological polar surface area (TPSA) is 56.6 Å². The number of anilines is 1. The summed E-state index contributed by atoms with van der Waals surface area (Å²) in [6, 6.07) is 21.6. The van der Waals surface area contributed by atoms with Gasteiger partial charge in [-0.15, -0.1) is 0 Å². The first-order valence-corrected chi connectivity index (χ1v) is 9.84. The van der Waals surface area contributed by atoms with Crippen molar-refractivity contribution in [3.63, 3.8) is 0 Å². The molecule has 0 saturated carbocycles. The molecule has 0 N–H and O–H groups in total. The quantitative estimate of drug-likeness (QED) is 0.672. The number of methoxy groups -OCH3 is 1. The number of fused-ring (bicyclic) bond motifs is 1. The number of hydrazine groups is 1. The number of amides is 1. The molecule has 3 aromatic carbocycles. The Morgan fingerprint density at radius 3 is 2.52 bits per heavy atom. The van der Waals surface area contributed by atoms with Gasteiger partial charge < -0.3 is 4.74 Å². The van der Waals surface area contributed by atoms with Crippen LogP contribution in [0.5, 0.6) is 5.75 Å². The number of nitriles is 1. The molecule has 1 aliphatic rings. The fourth-order valence-electron chi connectivity index (χ4n) is 3.98. The molecular formula is C24H23N3O2. The molecule has 0 bridgehead atoms. The Labute approximate surface area is 170 Å². The zero-order valence-corrected chi connectivity index (χ0v) is 16.5. The highest BCUT2D eigenvalue weighted by Gasteiger charge is 2.27. The first-order valence-electron chi connectivity index (χ1n) is 9.84. The lowest BCUT2D eigenvalue weighted by Crippen LogP contribution is -2.51. The summed E-state index contributed by atoms with van der Waals surface area (Å²) in [7, 11) is 1.62. The second-order valence-corrected chi connectivity index (χ2v) is 7.13. The molecule has 5 heteroatoms. The Balaban J connectivity index is 1.69. The summed E-state index contributed by atoms with van der Waals surface area (Å²) in [6.07, 6.45) is 2.28. The van der Waals surface area contributed by atoms with Crippen LogP contribution in [0.3, 0.4) is 0 Å². The first-order chi connectivity index (χ1) is 14.2.